The van der Waals surface area contributed by atoms with Crippen LogP contribution < -0.4 is 5.32 Å². The van der Waals surface area contributed by atoms with Crippen LogP contribution in [0.15, 0.2) is 60.2 Å². The number of nitrogens with zero attached hydrogens (tertiary/aromatic N) is 2. The lowest BCUT2D eigenvalue weighted by molar-refractivity contribution is -0.147. The second kappa shape index (κ2) is 10.3. The van der Waals surface area contributed by atoms with Crippen molar-refractivity contribution in [2.75, 3.05) is 13.2 Å². The Morgan fingerprint density at radius 3 is 2.75 bits per heavy atom. The SMILES string of the molecule is O=C(COC(=O)Cc1csc(-c2cccnc2)n1)NCCCc1ccccc1. The van der Waals surface area contributed by atoms with Crippen LogP contribution in [0.2, 0.25) is 0 Å². The molecule has 0 saturated heterocycles. The first-order valence-electron chi connectivity index (χ1n) is 9.02. The van der Waals surface area contributed by atoms with Crippen molar-refractivity contribution in [1.29, 1.82) is 0 Å². The first-order chi connectivity index (χ1) is 13.7. The number of aromatic nitrogens is 2. The maximum atomic E-state index is 11.9. The van der Waals surface area contributed by atoms with Crippen LogP contribution in [-0.4, -0.2) is 35.0 Å². The number of hydrogen-bond donors (Lipinski definition) is 1. The molecule has 0 fully saturated rings. The highest BCUT2D eigenvalue weighted by Gasteiger charge is 2.12. The van der Waals surface area contributed by atoms with Crippen LogP contribution in [0.3, 0.4) is 0 Å². The van der Waals surface area contributed by atoms with Gasteiger partial charge in [0.05, 0.1) is 12.1 Å². The molecule has 1 amide bonds. The average molecular weight is 395 g/mol. The lowest BCUT2D eigenvalue weighted by Crippen LogP contribution is -2.30. The minimum absolute atomic E-state index is 0.0397. The van der Waals surface area contributed by atoms with E-state index in [1.54, 1.807) is 12.4 Å². The number of ether oxygens (including phenoxy) is 1. The Kier molecular flexibility index (Phi) is 7.26. The minimum atomic E-state index is -0.470. The maximum absolute atomic E-state index is 11.9. The van der Waals surface area contributed by atoms with Crippen LogP contribution in [0, 0.1) is 0 Å². The van der Waals surface area contributed by atoms with Gasteiger partial charge < -0.3 is 10.1 Å². The van der Waals surface area contributed by atoms with Gasteiger partial charge in [-0.05, 0) is 30.5 Å². The molecule has 7 heteroatoms. The van der Waals surface area contributed by atoms with Gasteiger partial charge in [0.1, 0.15) is 5.01 Å². The van der Waals surface area contributed by atoms with Gasteiger partial charge in [0.2, 0.25) is 0 Å². The van der Waals surface area contributed by atoms with E-state index in [0.717, 1.165) is 23.4 Å². The molecule has 0 aliphatic carbocycles. The first kappa shape index (κ1) is 19.7. The first-order valence-corrected chi connectivity index (χ1v) is 9.90. The number of nitrogens with one attached hydrogen (secondary N) is 1. The molecular formula is C21H21N3O3S. The monoisotopic (exact) mass is 395 g/mol. The number of rotatable bonds is 9. The van der Waals surface area contributed by atoms with Gasteiger partial charge in [-0.2, -0.15) is 0 Å². The Bertz CT molecular complexity index is 898. The summed E-state index contributed by atoms with van der Waals surface area (Å²) in [6.07, 6.45) is 5.19. The molecule has 2 aromatic heterocycles. The van der Waals surface area contributed by atoms with Crippen LogP contribution >= 0.6 is 11.3 Å². The number of hydrogen-bond acceptors (Lipinski definition) is 6. The van der Waals surface area contributed by atoms with Crippen molar-refractivity contribution in [1.82, 2.24) is 15.3 Å². The molecule has 0 aliphatic rings. The quantitative estimate of drug-likeness (QED) is 0.445. The molecule has 0 aliphatic heterocycles. The molecule has 0 unspecified atom stereocenters. The molecule has 0 bridgehead atoms. The molecule has 144 valence electrons. The van der Waals surface area contributed by atoms with E-state index in [1.807, 2.05) is 35.7 Å². The Morgan fingerprint density at radius 1 is 1.11 bits per heavy atom. The van der Waals surface area contributed by atoms with Gasteiger partial charge in [0, 0.05) is 29.9 Å². The minimum Gasteiger partial charge on any atom is -0.455 e. The molecule has 3 aromatic rings. The Balaban J connectivity index is 1.34. The largest absolute Gasteiger partial charge is 0.455 e. The van der Waals surface area contributed by atoms with Crippen LogP contribution in [-0.2, 0) is 27.2 Å². The number of aryl methyl sites for hydroxylation is 1. The number of carbonyl (C=O) groups excluding carboxylic acids is 2. The summed E-state index contributed by atoms with van der Waals surface area (Å²) < 4.78 is 5.04. The van der Waals surface area contributed by atoms with Gasteiger partial charge in [-0.1, -0.05) is 30.3 Å². The standard InChI is InChI=1S/C21H21N3O3S/c25-19(23-11-4-8-16-6-2-1-3-7-16)14-27-20(26)12-18-15-28-21(24-18)17-9-5-10-22-13-17/h1-3,5-7,9-10,13,15H,4,8,11-12,14H2,(H,23,25). The molecule has 2 heterocycles. The van der Waals surface area contributed by atoms with E-state index in [0.29, 0.717) is 12.2 Å². The Labute approximate surface area is 167 Å². The van der Waals surface area contributed by atoms with Crippen LogP contribution in [0.1, 0.15) is 17.7 Å². The fourth-order valence-corrected chi connectivity index (χ4v) is 3.38. The second-order valence-electron chi connectivity index (χ2n) is 6.16. The summed E-state index contributed by atoms with van der Waals surface area (Å²) in [6.45, 7) is 0.273. The lowest BCUT2D eigenvalue weighted by Gasteiger charge is -2.06. The molecule has 6 nitrogen and oxygen atoms in total. The number of carbonyl (C=O) groups is 2. The molecule has 0 spiro atoms. The summed E-state index contributed by atoms with van der Waals surface area (Å²) in [5.41, 5.74) is 2.76. The highest BCUT2D eigenvalue weighted by molar-refractivity contribution is 7.13. The zero-order valence-electron chi connectivity index (χ0n) is 15.3. The fourth-order valence-electron chi connectivity index (χ4n) is 2.57. The Hall–Kier alpha value is -3.06. The third kappa shape index (κ3) is 6.28. The smallest absolute Gasteiger partial charge is 0.312 e. The fraction of sp³-hybridized carbons (Fsp3) is 0.238. The molecule has 3 rings (SSSR count). The third-order valence-corrected chi connectivity index (χ3v) is 4.90. The van der Waals surface area contributed by atoms with Crippen LogP contribution in [0.25, 0.3) is 10.6 Å². The molecule has 0 saturated carbocycles. The van der Waals surface area contributed by atoms with E-state index in [4.69, 9.17) is 4.74 Å². The lowest BCUT2D eigenvalue weighted by atomic mass is 10.1. The Morgan fingerprint density at radius 2 is 1.96 bits per heavy atom. The topological polar surface area (TPSA) is 81.2 Å². The summed E-state index contributed by atoms with van der Waals surface area (Å²) in [7, 11) is 0. The summed E-state index contributed by atoms with van der Waals surface area (Å²) in [4.78, 5) is 32.2. The summed E-state index contributed by atoms with van der Waals surface area (Å²) in [5, 5.41) is 5.37. The van der Waals surface area contributed by atoms with Crippen LogP contribution in [0.5, 0.6) is 0 Å². The zero-order valence-corrected chi connectivity index (χ0v) is 16.2. The van der Waals surface area contributed by atoms with Gasteiger partial charge in [-0.15, -0.1) is 11.3 Å². The van der Waals surface area contributed by atoms with E-state index in [1.165, 1.54) is 16.9 Å². The predicted octanol–water partition coefficient (Wildman–Crippen LogP) is 3.04. The van der Waals surface area contributed by atoms with E-state index in [9.17, 15) is 9.59 Å². The highest BCUT2D eigenvalue weighted by Crippen LogP contribution is 2.22. The van der Waals surface area contributed by atoms with Crippen molar-refractivity contribution >= 4 is 23.2 Å². The van der Waals surface area contributed by atoms with Gasteiger partial charge in [-0.3, -0.25) is 14.6 Å². The van der Waals surface area contributed by atoms with Crippen LogP contribution in [0.4, 0.5) is 0 Å². The van der Waals surface area contributed by atoms with Crippen molar-refractivity contribution in [3.63, 3.8) is 0 Å². The molecule has 0 atom stereocenters. The second-order valence-corrected chi connectivity index (χ2v) is 7.02. The van der Waals surface area contributed by atoms with Crippen molar-refractivity contribution in [2.24, 2.45) is 0 Å². The summed E-state index contributed by atoms with van der Waals surface area (Å²) in [5.74, 6) is -0.766. The molecule has 1 N–H and O–H groups in total. The van der Waals surface area contributed by atoms with E-state index in [-0.39, 0.29) is 18.9 Å². The van der Waals surface area contributed by atoms with Crippen molar-refractivity contribution in [3.8, 4) is 10.6 Å². The van der Waals surface area contributed by atoms with Gasteiger partial charge >= 0.3 is 5.97 Å². The normalized spacial score (nSPS) is 10.4. The summed E-state index contributed by atoms with van der Waals surface area (Å²) >= 11 is 1.44. The van der Waals surface area contributed by atoms with E-state index < -0.39 is 5.97 Å². The van der Waals surface area contributed by atoms with Gasteiger partial charge in [-0.25, -0.2) is 4.98 Å². The third-order valence-electron chi connectivity index (χ3n) is 3.96. The molecular weight excluding hydrogens is 374 g/mol. The predicted molar refractivity (Wildman–Crippen MR) is 108 cm³/mol. The van der Waals surface area contributed by atoms with Gasteiger partial charge in [0.15, 0.2) is 6.61 Å². The van der Waals surface area contributed by atoms with Crippen molar-refractivity contribution in [2.45, 2.75) is 19.3 Å². The molecule has 28 heavy (non-hydrogen) atoms. The van der Waals surface area contributed by atoms with E-state index >= 15 is 0 Å². The number of esters is 1. The van der Waals surface area contributed by atoms with E-state index in [2.05, 4.69) is 27.4 Å². The zero-order chi connectivity index (χ0) is 19.6. The number of thiazole rings is 1. The van der Waals surface area contributed by atoms with Crippen molar-refractivity contribution in [3.05, 3.63) is 71.5 Å². The molecule has 0 radical (unpaired) electrons. The number of amides is 1. The van der Waals surface area contributed by atoms with Crippen molar-refractivity contribution < 1.29 is 14.3 Å². The number of benzene rings is 1. The maximum Gasteiger partial charge on any atom is 0.312 e. The highest BCUT2D eigenvalue weighted by atomic mass is 32.1. The summed E-state index contributed by atoms with van der Waals surface area (Å²) in [6, 6.07) is 13.8. The molecule has 1 aromatic carbocycles. The number of pyridine rings is 1. The average Bonchev–Trinajstić information content (AvgIpc) is 3.19. The van der Waals surface area contributed by atoms with Gasteiger partial charge in [0.25, 0.3) is 5.91 Å².